The molecule has 8 heteroatoms. The summed E-state index contributed by atoms with van der Waals surface area (Å²) in [6.07, 6.45) is 2.79. The van der Waals surface area contributed by atoms with Gasteiger partial charge >= 0.3 is 0 Å². The van der Waals surface area contributed by atoms with Crippen LogP contribution in [0.3, 0.4) is 0 Å². The molecule has 0 bridgehead atoms. The number of methoxy groups -OCH3 is 2. The van der Waals surface area contributed by atoms with E-state index in [1.807, 2.05) is 12.1 Å². The maximum atomic E-state index is 13.0. The SMILES string of the molecule is COc1ccc(C2CCCN2S(=O)(=O)c2ccc(Cl)nc2)c(OC)c1. The van der Waals surface area contributed by atoms with E-state index in [-0.39, 0.29) is 16.1 Å². The van der Waals surface area contributed by atoms with Crippen LogP contribution in [0.1, 0.15) is 24.4 Å². The number of halogens is 1. The fraction of sp³-hybridized carbons (Fsp3) is 0.353. The van der Waals surface area contributed by atoms with Crippen LogP contribution < -0.4 is 9.47 Å². The molecule has 0 N–H and O–H groups in total. The predicted octanol–water partition coefficient (Wildman–Crippen LogP) is 3.28. The lowest BCUT2D eigenvalue weighted by Gasteiger charge is -2.25. The molecule has 0 amide bonds. The van der Waals surface area contributed by atoms with E-state index in [1.54, 1.807) is 20.3 Å². The van der Waals surface area contributed by atoms with Crippen LogP contribution in [0.15, 0.2) is 41.4 Å². The third-order valence-electron chi connectivity index (χ3n) is 4.31. The monoisotopic (exact) mass is 382 g/mol. The zero-order valence-corrected chi connectivity index (χ0v) is 15.5. The summed E-state index contributed by atoms with van der Waals surface area (Å²) in [6.45, 7) is 0.449. The van der Waals surface area contributed by atoms with Gasteiger partial charge in [-0.15, -0.1) is 0 Å². The Labute approximate surface area is 152 Å². The molecule has 0 radical (unpaired) electrons. The summed E-state index contributed by atoms with van der Waals surface area (Å²) in [5.41, 5.74) is 0.825. The summed E-state index contributed by atoms with van der Waals surface area (Å²) < 4.78 is 38.2. The van der Waals surface area contributed by atoms with E-state index in [0.717, 1.165) is 18.4 Å². The molecule has 2 heterocycles. The third kappa shape index (κ3) is 3.44. The molecule has 0 aliphatic carbocycles. The number of hydrogen-bond acceptors (Lipinski definition) is 5. The number of hydrogen-bond donors (Lipinski definition) is 0. The van der Waals surface area contributed by atoms with Crippen molar-refractivity contribution < 1.29 is 17.9 Å². The number of aromatic nitrogens is 1. The number of ether oxygens (including phenoxy) is 2. The first-order valence-corrected chi connectivity index (χ1v) is 9.64. The van der Waals surface area contributed by atoms with E-state index in [4.69, 9.17) is 21.1 Å². The molecule has 0 spiro atoms. The number of benzene rings is 1. The molecular formula is C17H19ClN2O4S. The molecule has 1 aromatic carbocycles. The van der Waals surface area contributed by atoms with Crippen molar-refractivity contribution in [3.63, 3.8) is 0 Å². The van der Waals surface area contributed by atoms with Gasteiger partial charge in [0.25, 0.3) is 0 Å². The van der Waals surface area contributed by atoms with Gasteiger partial charge in [-0.05, 0) is 31.0 Å². The number of rotatable bonds is 5. The van der Waals surface area contributed by atoms with Gasteiger partial charge in [-0.2, -0.15) is 4.31 Å². The zero-order chi connectivity index (χ0) is 18.0. The Hall–Kier alpha value is -1.83. The highest BCUT2D eigenvalue weighted by molar-refractivity contribution is 7.89. The molecule has 3 rings (SSSR count). The van der Waals surface area contributed by atoms with Crippen LogP contribution >= 0.6 is 11.6 Å². The lowest BCUT2D eigenvalue weighted by Crippen LogP contribution is -2.31. The number of nitrogens with zero attached hydrogens (tertiary/aromatic N) is 2. The lowest BCUT2D eigenvalue weighted by atomic mass is 10.0. The van der Waals surface area contributed by atoms with Crippen LogP contribution in [0.25, 0.3) is 0 Å². The highest BCUT2D eigenvalue weighted by Gasteiger charge is 2.37. The van der Waals surface area contributed by atoms with Crippen molar-refractivity contribution in [1.29, 1.82) is 0 Å². The van der Waals surface area contributed by atoms with E-state index < -0.39 is 10.0 Å². The van der Waals surface area contributed by atoms with Crippen LogP contribution in [0.4, 0.5) is 0 Å². The van der Waals surface area contributed by atoms with Gasteiger partial charge in [0.1, 0.15) is 21.5 Å². The Morgan fingerprint density at radius 2 is 2.00 bits per heavy atom. The Bertz CT molecular complexity index is 855. The normalized spacial score (nSPS) is 18.3. The molecule has 1 unspecified atom stereocenters. The van der Waals surface area contributed by atoms with Gasteiger partial charge in [0.2, 0.25) is 10.0 Å². The van der Waals surface area contributed by atoms with Crippen molar-refractivity contribution in [1.82, 2.24) is 9.29 Å². The average Bonchev–Trinajstić information content (AvgIpc) is 3.12. The van der Waals surface area contributed by atoms with Crippen molar-refractivity contribution in [2.24, 2.45) is 0 Å². The molecule has 1 atom stereocenters. The first-order valence-electron chi connectivity index (χ1n) is 7.82. The second-order valence-electron chi connectivity index (χ2n) is 5.70. The summed E-state index contributed by atoms with van der Waals surface area (Å²) in [6, 6.07) is 8.10. The average molecular weight is 383 g/mol. The summed E-state index contributed by atoms with van der Waals surface area (Å²) in [4.78, 5) is 4.02. The fourth-order valence-corrected chi connectivity index (χ4v) is 4.81. The molecule has 1 aromatic heterocycles. The smallest absolute Gasteiger partial charge is 0.245 e. The molecule has 1 aliphatic heterocycles. The largest absolute Gasteiger partial charge is 0.497 e. The predicted molar refractivity (Wildman–Crippen MR) is 94.7 cm³/mol. The van der Waals surface area contributed by atoms with E-state index in [1.165, 1.54) is 22.6 Å². The Kier molecular flexibility index (Phi) is 5.17. The summed E-state index contributed by atoms with van der Waals surface area (Å²) in [7, 11) is -0.526. The molecule has 134 valence electrons. The molecular weight excluding hydrogens is 364 g/mol. The fourth-order valence-electron chi connectivity index (χ4n) is 3.08. The number of sulfonamides is 1. The summed E-state index contributed by atoms with van der Waals surface area (Å²) >= 11 is 5.77. The number of pyridine rings is 1. The van der Waals surface area contributed by atoms with Gasteiger partial charge in [-0.3, -0.25) is 0 Å². The van der Waals surface area contributed by atoms with Crippen molar-refractivity contribution in [2.45, 2.75) is 23.8 Å². The maximum Gasteiger partial charge on any atom is 0.245 e. The lowest BCUT2D eigenvalue weighted by molar-refractivity contribution is 0.361. The van der Waals surface area contributed by atoms with Crippen LogP contribution in [-0.2, 0) is 10.0 Å². The van der Waals surface area contributed by atoms with Gasteiger partial charge in [-0.25, -0.2) is 13.4 Å². The minimum Gasteiger partial charge on any atom is -0.497 e. The second-order valence-corrected chi connectivity index (χ2v) is 7.98. The van der Waals surface area contributed by atoms with Gasteiger partial charge in [-0.1, -0.05) is 17.7 Å². The van der Waals surface area contributed by atoms with Gasteiger partial charge in [0.05, 0.1) is 20.3 Å². The topological polar surface area (TPSA) is 68.7 Å². The Balaban J connectivity index is 1.99. The first-order chi connectivity index (χ1) is 12.0. The molecule has 1 fully saturated rings. The molecule has 1 saturated heterocycles. The highest BCUT2D eigenvalue weighted by Crippen LogP contribution is 2.41. The molecule has 2 aromatic rings. The maximum absolute atomic E-state index is 13.0. The Morgan fingerprint density at radius 1 is 1.20 bits per heavy atom. The highest BCUT2D eigenvalue weighted by atomic mass is 35.5. The Morgan fingerprint density at radius 3 is 2.64 bits per heavy atom. The molecule has 25 heavy (non-hydrogen) atoms. The van der Waals surface area contributed by atoms with E-state index in [0.29, 0.717) is 18.0 Å². The second kappa shape index (κ2) is 7.19. The van der Waals surface area contributed by atoms with E-state index in [9.17, 15) is 8.42 Å². The minimum atomic E-state index is -3.67. The quantitative estimate of drug-likeness (QED) is 0.742. The summed E-state index contributed by atoms with van der Waals surface area (Å²) in [5, 5.41) is 0.258. The van der Waals surface area contributed by atoms with Crippen LogP contribution in [-0.4, -0.2) is 38.5 Å². The van der Waals surface area contributed by atoms with Crippen LogP contribution in [0.5, 0.6) is 11.5 Å². The van der Waals surface area contributed by atoms with E-state index >= 15 is 0 Å². The van der Waals surface area contributed by atoms with Crippen molar-refractivity contribution in [2.75, 3.05) is 20.8 Å². The molecule has 6 nitrogen and oxygen atoms in total. The van der Waals surface area contributed by atoms with Gasteiger partial charge in [0, 0.05) is 24.4 Å². The molecule has 0 saturated carbocycles. The standard InChI is InChI=1S/C17H19ClN2O4S/c1-23-12-5-7-14(16(10-12)24-2)15-4-3-9-20(15)25(21,22)13-6-8-17(18)19-11-13/h5-8,10-11,15H,3-4,9H2,1-2H3. The van der Waals surface area contributed by atoms with Crippen molar-refractivity contribution in [3.8, 4) is 11.5 Å². The van der Waals surface area contributed by atoms with Crippen LogP contribution in [0.2, 0.25) is 5.15 Å². The van der Waals surface area contributed by atoms with Gasteiger partial charge in [0.15, 0.2) is 0 Å². The zero-order valence-electron chi connectivity index (χ0n) is 14.0. The summed E-state index contributed by atoms with van der Waals surface area (Å²) in [5.74, 6) is 1.27. The molecule has 1 aliphatic rings. The van der Waals surface area contributed by atoms with Crippen molar-refractivity contribution in [3.05, 3.63) is 47.2 Å². The first kappa shape index (κ1) is 18.0. The van der Waals surface area contributed by atoms with Crippen molar-refractivity contribution >= 4 is 21.6 Å². The minimum absolute atomic E-state index is 0.135. The van der Waals surface area contributed by atoms with Gasteiger partial charge < -0.3 is 9.47 Å². The van der Waals surface area contributed by atoms with Crippen LogP contribution in [0, 0.1) is 0 Å². The third-order valence-corrected chi connectivity index (χ3v) is 6.43. The van der Waals surface area contributed by atoms with E-state index in [2.05, 4.69) is 4.98 Å².